The van der Waals surface area contributed by atoms with Crippen LogP contribution < -0.4 is 11.1 Å². The number of hydrogen-bond donors (Lipinski definition) is 2. The minimum atomic E-state index is -2.94. The second kappa shape index (κ2) is 5.26. The van der Waals surface area contributed by atoms with E-state index in [4.69, 9.17) is 17.3 Å². The summed E-state index contributed by atoms with van der Waals surface area (Å²) in [5, 5.41) is 2.81. The van der Waals surface area contributed by atoms with E-state index in [1.165, 1.54) is 6.26 Å². The van der Waals surface area contributed by atoms with Crippen LogP contribution in [0.2, 0.25) is 5.28 Å². The average molecular weight is 266 g/mol. The minimum absolute atomic E-state index is 0.00175. The molecule has 0 bridgehead atoms. The highest BCUT2D eigenvalue weighted by Crippen LogP contribution is 2.06. The maximum Gasteiger partial charge on any atom is 0.228 e. The van der Waals surface area contributed by atoms with Crippen LogP contribution in [0.25, 0.3) is 0 Å². The number of nitrogens with one attached hydrogen (secondary N) is 1. The molecule has 0 fully saturated rings. The standard InChI is InChI=1S/C7H12ClN5O2S/c1-16(14,15)4-2-3-10-7-12-5(8)11-6(9)13-7/h2-4H2,1H3,(H3,9,10,11,12,13). The van der Waals surface area contributed by atoms with Crippen molar-refractivity contribution in [1.29, 1.82) is 0 Å². The highest BCUT2D eigenvalue weighted by molar-refractivity contribution is 7.90. The molecule has 0 radical (unpaired) electrons. The van der Waals surface area contributed by atoms with E-state index in [-0.39, 0.29) is 22.9 Å². The van der Waals surface area contributed by atoms with Gasteiger partial charge in [0.05, 0.1) is 5.75 Å². The van der Waals surface area contributed by atoms with Gasteiger partial charge in [0.15, 0.2) is 0 Å². The fourth-order valence-electron chi connectivity index (χ4n) is 0.979. The molecule has 0 aliphatic rings. The Balaban J connectivity index is 2.43. The number of halogens is 1. The first-order valence-corrected chi connectivity index (χ1v) is 6.89. The van der Waals surface area contributed by atoms with E-state index in [9.17, 15) is 8.42 Å². The summed E-state index contributed by atoms with van der Waals surface area (Å²) in [4.78, 5) is 11.1. The van der Waals surface area contributed by atoms with Crippen molar-refractivity contribution in [3.8, 4) is 0 Å². The molecule has 1 aromatic heterocycles. The van der Waals surface area contributed by atoms with Crippen LogP contribution in [-0.4, -0.2) is 41.9 Å². The first kappa shape index (κ1) is 12.9. The van der Waals surface area contributed by atoms with Gasteiger partial charge in [-0.2, -0.15) is 15.0 Å². The molecule has 1 aromatic rings. The summed E-state index contributed by atoms with van der Waals surface area (Å²) < 4.78 is 21.7. The van der Waals surface area contributed by atoms with E-state index < -0.39 is 9.84 Å². The maximum absolute atomic E-state index is 10.8. The molecule has 0 aliphatic heterocycles. The zero-order valence-corrected chi connectivity index (χ0v) is 10.2. The molecule has 0 aromatic carbocycles. The Morgan fingerprint density at radius 3 is 2.62 bits per heavy atom. The molecule has 3 N–H and O–H groups in total. The summed E-state index contributed by atoms with van der Waals surface area (Å²) in [5.74, 6) is 0.366. The molecule has 9 heteroatoms. The molecule has 0 saturated carbocycles. The zero-order valence-electron chi connectivity index (χ0n) is 8.64. The van der Waals surface area contributed by atoms with Gasteiger partial charge in [0.1, 0.15) is 9.84 Å². The van der Waals surface area contributed by atoms with Gasteiger partial charge >= 0.3 is 0 Å². The van der Waals surface area contributed by atoms with Gasteiger partial charge in [-0.1, -0.05) is 0 Å². The number of nitrogen functional groups attached to an aromatic ring is 1. The van der Waals surface area contributed by atoms with Gasteiger partial charge in [-0.15, -0.1) is 0 Å². The van der Waals surface area contributed by atoms with Crippen molar-refractivity contribution < 1.29 is 8.42 Å². The highest BCUT2D eigenvalue weighted by atomic mass is 35.5. The normalized spacial score (nSPS) is 11.4. The fourth-order valence-corrected chi connectivity index (χ4v) is 1.81. The van der Waals surface area contributed by atoms with E-state index in [0.29, 0.717) is 13.0 Å². The predicted molar refractivity (Wildman–Crippen MR) is 62.1 cm³/mol. The maximum atomic E-state index is 10.8. The van der Waals surface area contributed by atoms with E-state index in [0.717, 1.165) is 0 Å². The number of aromatic nitrogens is 3. The van der Waals surface area contributed by atoms with Crippen molar-refractivity contribution in [2.45, 2.75) is 6.42 Å². The molecule has 0 atom stereocenters. The lowest BCUT2D eigenvalue weighted by atomic mass is 10.5. The van der Waals surface area contributed by atoms with E-state index in [1.807, 2.05) is 0 Å². The lowest BCUT2D eigenvalue weighted by Crippen LogP contribution is -2.12. The quantitative estimate of drug-likeness (QED) is 0.718. The van der Waals surface area contributed by atoms with Gasteiger partial charge in [-0.25, -0.2) is 8.42 Å². The molecule has 16 heavy (non-hydrogen) atoms. The van der Waals surface area contributed by atoms with Crippen LogP contribution in [0.15, 0.2) is 0 Å². The number of rotatable bonds is 5. The van der Waals surface area contributed by atoms with Crippen molar-refractivity contribution in [3.05, 3.63) is 5.28 Å². The second-order valence-corrected chi connectivity index (χ2v) is 5.79. The largest absolute Gasteiger partial charge is 0.368 e. The Kier molecular flexibility index (Phi) is 4.25. The first-order chi connectivity index (χ1) is 7.37. The molecular weight excluding hydrogens is 254 g/mol. The number of hydrogen-bond acceptors (Lipinski definition) is 7. The van der Waals surface area contributed by atoms with E-state index in [1.54, 1.807) is 0 Å². The van der Waals surface area contributed by atoms with Gasteiger partial charge in [-0.3, -0.25) is 0 Å². The van der Waals surface area contributed by atoms with E-state index >= 15 is 0 Å². The SMILES string of the molecule is CS(=O)(=O)CCCNc1nc(N)nc(Cl)n1. The van der Waals surface area contributed by atoms with Crippen molar-refractivity contribution in [2.75, 3.05) is 29.6 Å². The summed E-state index contributed by atoms with van der Waals surface area (Å²) in [6, 6.07) is 0. The number of nitrogens with zero attached hydrogens (tertiary/aromatic N) is 3. The first-order valence-electron chi connectivity index (χ1n) is 4.45. The Bertz CT molecular complexity index is 444. The molecule has 0 unspecified atom stereocenters. The Morgan fingerprint density at radius 2 is 2.06 bits per heavy atom. The van der Waals surface area contributed by atoms with Crippen molar-refractivity contribution in [1.82, 2.24) is 15.0 Å². The Morgan fingerprint density at radius 1 is 1.38 bits per heavy atom. The van der Waals surface area contributed by atoms with Crippen LogP contribution in [0.4, 0.5) is 11.9 Å². The zero-order chi connectivity index (χ0) is 12.2. The third-order valence-corrected chi connectivity index (χ3v) is 2.80. The molecule has 0 saturated heterocycles. The highest BCUT2D eigenvalue weighted by Gasteiger charge is 2.03. The Hall–Kier alpha value is -1.15. The average Bonchev–Trinajstić information content (AvgIpc) is 2.09. The fraction of sp³-hybridized carbons (Fsp3) is 0.571. The van der Waals surface area contributed by atoms with Gasteiger partial charge in [0.2, 0.25) is 17.2 Å². The monoisotopic (exact) mass is 265 g/mol. The summed E-state index contributed by atoms with van der Waals surface area (Å²) in [5.41, 5.74) is 5.35. The lowest BCUT2D eigenvalue weighted by Gasteiger charge is -2.04. The minimum Gasteiger partial charge on any atom is -0.368 e. The topological polar surface area (TPSA) is 111 Å². The van der Waals surface area contributed by atoms with Gasteiger partial charge < -0.3 is 11.1 Å². The molecule has 7 nitrogen and oxygen atoms in total. The summed E-state index contributed by atoms with van der Waals surface area (Å²) >= 11 is 5.56. The predicted octanol–water partition coefficient (Wildman–Crippen LogP) is -0.0462. The molecule has 0 amide bonds. The van der Waals surface area contributed by atoms with Crippen LogP contribution in [0.3, 0.4) is 0 Å². The lowest BCUT2D eigenvalue weighted by molar-refractivity contribution is 0.600. The van der Waals surface area contributed by atoms with Gasteiger partial charge in [-0.05, 0) is 18.0 Å². The van der Waals surface area contributed by atoms with Crippen LogP contribution >= 0.6 is 11.6 Å². The van der Waals surface area contributed by atoms with Crippen molar-refractivity contribution in [2.24, 2.45) is 0 Å². The third kappa shape index (κ3) is 5.08. The summed E-state index contributed by atoms with van der Waals surface area (Å²) in [7, 11) is -2.94. The van der Waals surface area contributed by atoms with Crippen LogP contribution in [0.1, 0.15) is 6.42 Å². The van der Waals surface area contributed by atoms with Crippen LogP contribution in [0, 0.1) is 0 Å². The summed E-state index contributed by atoms with van der Waals surface area (Å²) in [6.07, 6.45) is 1.65. The van der Waals surface area contributed by atoms with Gasteiger partial charge in [0, 0.05) is 12.8 Å². The van der Waals surface area contributed by atoms with Crippen LogP contribution in [-0.2, 0) is 9.84 Å². The Labute approximate surface area is 98.4 Å². The molecule has 1 rings (SSSR count). The molecule has 0 spiro atoms. The summed E-state index contributed by atoms with van der Waals surface area (Å²) in [6.45, 7) is 0.423. The van der Waals surface area contributed by atoms with Gasteiger partial charge in [0.25, 0.3) is 0 Å². The third-order valence-electron chi connectivity index (χ3n) is 1.60. The van der Waals surface area contributed by atoms with Crippen LogP contribution in [0.5, 0.6) is 0 Å². The van der Waals surface area contributed by atoms with Crippen molar-refractivity contribution >= 4 is 33.3 Å². The second-order valence-electron chi connectivity index (χ2n) is 3.20. The van der Waals surface area contributed by atoms with Crippen molar-refractivity contribution in [3.63, 3.8) is 0 Å². The number of anilines is 2. The molecular formula is C7H12ClN5O2S. The smallest absolute Gasteiger partial charge is 0.228 e. The molecule has 1 heterocycles. The number of sulfone groups is 1. The van der Waals surface area contributed by atoms with E-state index in [2.05, 4.69) is 20.3 Å². The number of nitrogens with two attached hydrogens (primary N) is 1. The molecule has 90 valence electrons. The molecule has 0 aliphatic carbocycles.